The molecular formula is C14H17ClN2O2S. The van der Waals surface area contributed by atoms with Crippen molar-refractivity contribution in [2.45, 2.75) is 31.7 Å². The van der Waals surface area contributed by atoms with E-state index in [9.17, 15) is 4.79 Å². The van der Waals surface area contributed by atoms with Gasteiger partial charge in [0.25, 0.3) is 0 Å². The van der Waals surface area contributed by atoms with E-state index in [2.05, 4.69) is 22.1 Å². The molecule has 20 heavy (non-hydrogen) atoms. The van der Waals surface area contributed by atoms with Crippen molar-refractivity contribution in [3.63, 3.8) is 0 Å². The minimum absolute atomic E-state index is 0.165. The van der Waals surface area contributed by atoms with Crippen molar-refractivity contribution in [3.8, 4) is 17.7 Å². The Morgan fingerprint density at radius 1 is 1.60 bits per heavy atom. The standard InChI is InChI=1S/C14H17ClN2O2S/c1-5-8-14(3,17-10(2)18)13(20-4)19-12-7-6-11(15)9-16-12/h6-7,9,13H,1-4H3,(H,17,18). The first-order valence-electron chi connectivity index (χ1n) is 5.95. The van der Waals surface area contributed by atoms with Crippen molar-refractivity contribution in [3.05, 3.63) is 23.4 Å². The van der Waals surface area contributed by atoms with Gasteiger partial charge in [-0.25, -0.2) is 4.98 Å². The Balaban J connectivity index is 2.97. The van der Waals surface area contributed by atoms with E-state index in [1.54, 1.807) is 19.1 Å². The summed E-state index contributed by atoms with van der Waals surface area (Å²) < 4.78 is 5.81. The van der Waals surface area contributed by atoms with E-state index in [0.717, 1.165) is 0 Å². The maximum absolute atomic E-state index is 11.4. The van der Waals surface area contributed by atoms with E-state index in [1.165, 1.54) is 24.9 Å². The molecule has 0 aliphatic heterocycles. The zero-order chi connectivity index (χ0) is 15.2. The fourth-order valence-corrected chi connectivity index (χ4v) is 2.61. The highest BCUT2D eigenvalue weighted by atomic mass is 35.5. The van der Waals surface area contributed by atoms with Crippen molar-refractivity contribution in [1.29, 1.82) is 0 Å². The average molecular weight is 313 g/mol. The molecule has 108 valence electrons. The second-order valence-corrected chi connectivity index (χ2v) is 5.59. The summed E-state index contributed by atoms with van der Waals surface area (Å²) in [7, 11) is 0. The van der Waals surface area contributed by atoms with E-state index in [-0.39, 0.29) is 5.91 Å². The lowest BCUT2D eigenvalue weighted by molar-refractivity contribution is -0.120. The minimum Gasteiger partial charge on any atom is -0.460 e. The number of nitrogens with zero attached hydrogens (tertiary/aromatic N) is 1. The third-order valence-corrected chi connectivity index (χ3v) is 3.65. The third-order valence-electron chi connectivity index (χ3n) is 2.43. The molecule has 1 heterocycles. The molecule has 2 atom stereocenters. The summed E-state index contributed by atoms with van der Waals surface area (Å²) in [6, 6.07) is 3.38. The molecule has 1 rings (SSSR count). The van der Waals surface area contributed by atoms with Crippen LogP contribution in [0.1, 0.15) is 20.8 Å². The first-order chi connectivity index (χ1) is 9.41. The van der Waals surface area contributed by atoms with E-state index < -0.39 is 11.0 Å². The summed E-state index contributed by atoms with van der Waals surface area (Å²) in [6.07, 6.45) is 3.40. The number of hydrogen-bond donors (Lipinski definition) is 1. The highest BCUT2D eigenvalue weighted by Gasteiger charge is 2.35. The lowest BCUT2D eigenvalue weighted by Crippen LogP contribution is -2.53. The van der Waals surface area contributed by atoms with Crippen LogP contribution in [0.25, 0.3) is 0 Å². The molecule has 4 nitrogen and oxygen atoms in total. The summed E-state index contributed by atoms with van der Waals surface area (Å²) >= 11 is 7.23. The molecule has 6 heteroatoms. The smallest absolute Gasteiger partial charge is 0.218 e. The Kier molecular flexibility index (Phi) is 6.18. The Morgan fingerprint density at radius 2 is 2.30 bits per heavy atom. The predicted molar refractivity (Wildman–Crippen MR) is 82.8 cm³/mol. The fourth-order valence-electron chi connectivity index (χ4n) is 1.72. The van der Waals surface area contributed by atoms with Gasteiger partial charge < -0.3 is 10.1 Å². The number of thioether (sulfide) groups is 1. The number of ether oxygens (including phenoxy) is 1. The largest absolute Gasteiger partial charge is 0.460 e. The van der Waals surface area contributed by atoms with Gasteiger partial charge in [-0.05, 0) is 26.2 Å². The maximum atomic E-state index is 11.4. The number of hydrogen-bond acceptors (Lipinski definition) is 4. The number of rotatable bonds is 5. The van der Waals surface area contributed by atoms with Gasteiger partial charge in [0.2, 0.25) is 11.8 Å². The summed E-state index contributed by atoms with van der Waals surface area (Å²) in [4.78, 5) is 15.5. The molecule has 0 aliphatic rings. The molecule has 0 spiro atoms. The normalized spacial score (nSPS) is 14.4. The fraction of sp³-hybridized carbons (Fsp3) is 0.429. The van der Waals surface area contributed by atoms with Crippen LogP contribution >= 0.6 is 23.4 Å². The van der Waals surface area contributed by atoms with Gasteiger partial charge in [-0.15, -0.1) is 17.7 Å². The first-order valence-corrected chi connectivity index (χ1v) is 7.61. The molecule has 0 aliphatic carbocycles. The first kappa shape index (κ1) is 16.7. The van der Waals surface area contributed by atoms with Crippen molar-refractivity contribution in [2.24, 2.45) is 0 Å². The average Bonchev–Trinajstić information content (AvgIpc) is 2.37. The van der Waals surface area contributed by atoms with E-state index >= 15 is 0 Å². The van der Waals surface area contributed by atoms with E-state index in [1.807, 2.05) is 13.2 Å². The quantitative estimate of drug-likeness (QED) is 0.671. The predicted octanol–water partition coefficient (Wildman–Crippen LogP) is 2.72. The molecule has 0 saturated heterocycles. The Morgan fingerprint density at radius 3 is 2.75 bits per heavy atom. The van der Waals surface area contributed by atoms with Crippen molar-refractivity contribution < 1.29 is 9.53 Å². The van der Waals surface area contributed by atoms with Crippen LogP contribution in [0.15, 0.2) is 18.3 Å². The van der Waals surface area contributed by atoms with Gasteiger partial charge in [0.15, 0.2) is 5.44 Å². The zero-order valence-electron chi connectivity index (χ0n) is 11.9. The van der Waals surface area contributed by atoms with Crippen LogP contribution in [0.2, 0.25) is 5.02 Å². The number of amides is 1. The van der Waals surface area contributed by atoms with Gasteiger partial charge in [-0.2, -0.15) is 0 Å². The summed E-state index contributed by atoms with van der Waals surface area (Å²) in [6.45, 7) is 4.99. The van der Waals surface area contributed by atoms with Crippen LogP contribution in [-0.2, 0) is 4.79 Å². The molecule has 2 unspecified atom stereocenters. The van der Waals surface area contributed by atoms with Crippen LogP contribution in [0.5, 0.6) is 5.88 Å². The Bertz CT molecular complexity index is 524. The van der Waals surface area contributed by atoms with Crippen molar-refractivity contribution in [1.82, 2.24) is 10.3 Å². The molecule has 1 amide bonds. The lowest BCUT2D eigenvalue weighted by atomic mass is 10.0. The lowest BCUT2D eigenvalue weighted by Gasteiger charge is -2.32. The molecule has 0 fully saturated rings. The molecule has 0 saturated carbocycles. The maximum Gasteiger partial charge on any atom is 0.218 e. The number of aromatic nitrogens is 1. The Hall–Kier alpha value is -1.38. The summed E-state index contributed by atoms with van der Waals surface area (Å²) in [5.74, 6) is 6.08. The number of carbonyl (C=O) groups is 1. The number of pyridine rings is 1. The molecule has 1 aromatic heterocycles. The van der Waals surface area contributed by atoms with Gasteiger partial charge in [0.1, 0.15) is 5.54 Å². The second-order valence-electron chi connectivity index (χ2n) is 4.26. The van der Waals surface area contributed by atoms with E-state index in [4.69, 9.17) is 16.3 Å². The molecule has 0 aromatic carbocycles. The number of carbonyl (C=O) groups excluding carboxylic acids is 1. The van der Waals surface area contributed by atoms with Crippen LogP contribution in [0.3, 0.4) is 0 Å². The zero-order valence-corrected chi connectivity index (χ0v) is 13.4. The number of halogens is 1. The van der Waals surface area contributed by atoms with E-state index in [0.29, 0.717) is 10.9 Å². The van der Waals surface area contributed by atoms with Crippen molar-refractivity contribution in [2.75, 3.05) is 6.26 Å². The summed E-state index contributed by atoms with van der Waals surface area (Å²) in [5.41, 5.74) is -1.20. The summed E-state index contributed by atoms with van der Waals surface area (Å²) in [5, 5.41) is 3.37. The van der Waals surface area contributed by atoms with Crippen molar-refractivity contribution >= 4 is 29.3 Å². The molecule has 1 N–H and O–H groups in total. The monoisotopic (exact) mass is 312 g/mol. The highest BCUT2D eigenvalue weighted by Crippen LogP contribution is 2.25. The van der Waals surface area contributed by atoms with Crippen LogP contribution in [0.4, 0.5) is 0 Å². The van der Waals surface area contributed by atoms with Gasteiger partial charge >= 0.3 is 0 Å². The highest BCUT2D eigenvalue weighted by molar-refractivity contribution is 7.99. The minimum atomic E-state index is -0.804. The second kappa shape index (κ2) is 7.41. The molecule has 0 radical (unpaired) electrons. The van der Waals surface area contributed by atoms with Crippen LogP contribution < -0.4 is 10.1 Å². The van der Waals surface area contributed by atoms with Gasteiger partial charge in [0.05, 0.1) is 5.02 Å². The topological polar surface area (TPSA) is 51.2 Å². The number of nitrogens with one attached hydrogen (secondary N) is 1. The van der Waals surface area contributed by atoms with Gasteiger partial charge in [-0.3, -0.25) is 4.79 Å². The van der Waals surface area contributed by atoms with Gasteiger partial charge in [-0.1, -0.05) is 17.5 Å². The molecule has 1 aromatic rings. The SMILES string of the molecule is CC#CC(C)(NC(C)=O)C(Oc1ccc(Cl)cn1)SC. The van der Waals surface area contributed by atoms with Crippen LogP contribution in [0, 0.1) is 11.8 Å². The van der Waals surface area contributed by atoms with Gasteiger partial charge in [0, 0.05) is 19.2 Å². The molecular weight excluding hydrogens is 296 g/mol. The van der Waals surface area contributed by atoms with Crippen LogP contribution in [-0.4, -0.2) is 28.1 Å². The Labute approximate surface area is 128 Å². The third kappa shape index (κ3) is 4.62. The molecule has 0 bridgehead atoms.